The lowest BCUT2D eigenvalue weighted by Gasteiger charge is -2.17. The Morgan fingerprint density at radius 3 is 3.00 bits per heavy atom. The second kappa shape index (κ2) is 5.72. The molecule has 0 aliphatic rings. The van der Waals surface area contributed by atoms with Crippen LogP contribution >= 0.6 is 0 Å². The molecule has 0 aliphatic carbocycles. The van der Waals surface area contributed by atoms with Gasteiger partial charge in [0.1, 0.15) is 12.9 Å². The number of rotatable bonds is 6. The first kappa shape index (κ1) is 11.1. The van der Waals surface area contributed by atoms with E-state index in [0.29, 0.717) is 12.4 Å². The SMILES string of the molecule is CCCC(COC)n1cnnc1CO. The largest absolute Gasteiger partial charge is 0.388 e. The lowest BCUT2D eigenvalue weighted by molar-refractivity contribution is 0.145. The summed E-state index contributed by atoms with van der Waals surface area (Å²) in [4.78, 5) is 0. The number of aliphatic hydroxyl groups is 1. The van der Waals surface area contributed by atoms with Crippen molar-refractivity contribution >= 4 is 0 Å². The van der Waals surface area contributed by atoms with E-state index in [-0.39, 0.29) is 12.6 Å². The van der Waals surface area contributed by atoms with E-state index in [4.69, 9.17) is 9.84 Å². The van der Waals surface area contributed by atoms with E-state index < -0.39 is 0 Å². The lowest BCUT2D eigenvalue weighted by atomic mass is 10.2. The summed E-state index contributed by atoms with van der Waals surface area (Å²) < 4.78 is 7.00. The zero-order chi connectivity index (χ0) is 10.4. The number of methoxy groups -OCH3 is 1. The van der Waals surface area contributed by atoms with Crippen LogP contribution in [-0.4, -0.2) is 33.6 Å². The molecule has 1 atom stereocenters. The maximum Gasteiger partial charge on any atom is 0.158 e. The standard InChI is InChI=1S/C9H17N3O2/c1-3-4-8(6-14-2)12-7-10-11-9(12)5-13/h7-8,13H,3-6H2,1-2H3. The molecule has 80 valence electrons. The van der Waals surface area contributed by atoms with Crippen LogP contribution in [0.4, 0.5) is 0 Å². The Morgan fingerprint density at radius 2 is 2.43 bits per heavy atom. The van der Waals surface area contributed by atoms with Crippen LogP contribution in [0.3, 0.4) is 0 Å². The third kappa shape index (κ3) is 2.52. The van der Waals surface area contributed by atoms with Gasteiger partial charge in [-0.05, 0) is 6.42 Å². The van der Waals surface area contributed by atoms with E-state index in [0.717, 1.165) is 12.8 Å². The molecule has 1 rings (SSSR count). The maximum atomic E-state index is 9.03. The molecule has 1 heterocycles. The van der Waals surface area contributed by atoms with E-state index in [9.17, 15) is 0 Å². The molecule has 1 aromatic rings. The first-order valence-corrected chi connectivity index (χ1v) is 4.81. The van der Waals surface area contributed by atoms with Crippen molar-refractivity contribution in [3.05, 3.63) is 12.2 Å². The summed E-state index contributed by atoms with van der Waals surface area (Å²) in [6, 6.07) is 0.224. The van der Waals surface area contributed by atoms with E-state index in [1.807, 2.05) is 4.57 Å². The van der Waals surface area contributed by atoms with Crippen LogP contribution in [0.15, 0.2) is 6.33 Å². The Labute approximate surface area is 83.7 Å². The molecule has 0 aromatic carbocycles. The van der Waals surface area contributed by atoms with Crippen LogP contribution in [0.5, 0.6) is 0 Å². The molecule has 1 unspecified atom stereocenters. The number of hydrogen-bond acceptors (Lipinski definition) is 4. The molecular formula is C9H17N3O2. The number of ether oxygens (including phenoxy) is 1. The van der Waals surface area contributed by atoms with Gasteiger partial charge in [0.05, 0.1) is 12.6 Å². The highest BCUT2D eigenvalue weighted by atomic mass is 16.5. The Hall–Kier alpha value is -0.940. The normalized spacial score (nSPS) is 13.1. The highest BCUT2D eigenvalue weighted by Crippen LogP contribution is 2.15. The molecule has 5 heteroatoms. The zero-order valence-corrected chi connectivity index (χ0v) is 8.68. The van der Waals surface area contributed by atoms with E-state index >= 15 is 0 Å². The van der Waals surface area contributed by atoms with E-state index in [1.54, 1.807) is 13.4 Å². The van der Waals surface area contributed by atoms with Crippen LogP contribution in [0.1, 0.15) is 31.6 Å². The summed E-state index contributed by atoms with van der Waals surface area (Å²) in [7, 11) is 1.67. The third-order valence-electron chi connectivity index (χ3n) is 2.16. The molecule has 0 aliphatic heterocycles. The first-order chi connectivity index (χ1) is 6.83. The predicted octanol–water partition coefficient (Wildman–Crippen LogP) is 0.758. The van der Waals surface area contributed by atoms with Crippen LogP contribution in [0.2, 0.25) is 0 Å². The molecule has 1 N–H and O–H groups in total. The fourth-order valence-corrected chi connectivity index (χ4v) is 1.51. The Balaban J connectivity index is 2.75. The summed E-state index contributed by atoms with van der Waals surface area (Å²) in [6.45, 7) is 2.66. The van der Waals surface area contributed by atoms with Crippen molar-refractivity contribution in [2.45, 2.75) is 32.4 Å². The summed E-state index contributed by atoms with van der Waals surface area (Å²) >= 11 is 0. The summed E-state index contributed by atoms with van der Waals surface area (Å²) in [6.07, 6.45) is 3.71. The van der Waals surface area contributed by atoms with Gasteiger partial charge < -0.3 is 14.4 Å². The summed E-state index contributed by atoms with van der Waals surface area (Å²) in [5.74, 6) is 0.598. The fourth-order valence-electron chi connectivity index (χ4n) is 1.51. The molecule has 0 spiro atoms. The Morgan fingerprint density at radius 1 is 1.64 bits per heavy atom. The molecule has 0 radical (unpaired) electrons. The van der Waals surface area contributed by atoms with Crippen molar-refractivity contribution in [3.63, 3.8) is 0 Å². The van der Waals surface area contributed by atoms with Crippen molar-refractivity contribution in [2.75, 3.05) is 13.7 Å². The van der Waals surface area contributed by atoms with Gasteiger partial charge >= 0.3 is 0 Å². The van der Waals surface area contributed by atoms with Gasteiger partial charge in [0, 0.05) is 7.11 Å². The average Bonchev–Trinajstić information content (AvgIpc) is 2.65. The van der Waals surface area contributed by atoms with E-state index in [1.165, 1.54) is 0 Å². The molecule has 0 bridgehead atoms. The summed E-state index contributed by atoms with van der Waals surface area (Å²) in [5, 5.41) is 16.6. The average molecular weight is 199 g/mol. The Kier molecular flexibility index (Phi) is 4.55. The van der Waals surface area contributed by atoms with Crippen LogP contribution < -0.4 is 0 Å². The van der Waals surface area contributed by atoms with Crippen molar-refractivity contribution in [2.24, 2.45) is 0 Å². The quantitative estimate of drug-likeness (QED) is 0.734. The highest BCUT2D eigenvalue weighted by molar-refractivity contribution is 4.87. The van der Waals surface area contributed by atoms with Gasteiger partial charge in [-0.2, -0.15) is 0 Å². The predicted molar refractivity (Wildman–Crippen MR) is 51.8 cm³/mol. The summed E-state index contributed by atoms with van der Waals surface area (Å²) in [5.41, 5.74) is 0. The van der Waals surface area contributed by atoms with Gasteiger partial charge in [0.2, 0.25) is 0 Å². The van der Waals surface area contributed by atoms with Gasteiger partial charge in [0.25, 0.3) is 0 Å². The number of hydrogen-bond donors (Lipinski definition) is 1. The highest BCUT2D eigenvalue weighted by Gasteiger charge is 2.13. The second-order valence-electron chi connectivity index (χ2n) is 3.21. The third-order valence-corrected chi connectivity index (χ3v) is 2.16. The molecule has 0 saturated heterocycles. The first-order valence-electron chi connectivity index (χ1n) is 4.81. The molecule has 5 nitrogen and oxygen atoms in total. The molecule has 0 saturated carbocycles. The van der Waals surface area contributed by atoms with Crippen LogP contribution in [-0.2, 0) is 11.3 Å². The number of aromatic nitrogens is 3. The zero-order valence-electron chi connectivity index (χ0n) is 8.68. The van der Waals surface area contributed by atoms with Crippen LogP contribution in [0, 0.1) is 0 Å². The smallest absolute Gasteiger partial charge is 0.158 e. The van der Waals surface area contributed by atoms with Gasteiger partial charge in [-0.1, -0.05) is 13.3 Å². The van der Waals surface area contributed by atoms with E-state index in [2.05, 4.69) is 17.1 Å². The van der Waals surface area contributed by atoms with Gasteiger partial charge in [-0.3, -0.25) is 0 Å². The number of nitrogens with zero attached hydrogens (tertiary/aromatic N) is 3. The van der Waals surface area contributed by atoms with Gasteiger partial charge in [0.15, 0.2) is 5.82 Å². The van der Waals surface area contributed by atoms with Gasteiger partial charge in [-0.15, -0.1) is 10.2 Å². The molecule has 1 aromatic heterocycles. The molecular weight excluding hydrogens is 182 g/mol. The minimum absolute atomic E-state index is 0.0794. The molecule has 0 amide bonds. The monoisotopic (exact) mass is 199 g/mol. The lowest BCUT2D eigenvalue weighted by Crippen LogP contribution is -2.16. The fraction of sp³-hybridized carbons (Fsp3) is 0.778. The maximum absolute atomic E-state index is 9.03. The van der Waals surface area contributed by atoms with Crippen LogP contribution in [0.25, 0.3) is 0 Å². The second-order valence-corrected chi connectivity index (χ2v) is 3.21. The van der Waals surface area contributed by atoms with Gasteiger partial charge in [-0.25, -0.2) is 0 Å². The van der Waals surface area contributed by atoms with Crippen molar-refractivity contribution in [3.8, 4) is 0 Å². The molecule has 0 fully saturated rings. The topological polar surface area (TPSA) is 60.2 Å². The minimum Gasteiger partial charge on any atom is -0.388 e. The van der Waals surface area contributed by atoms with Crippen molar-refractivity contribution in [1.29, 1.82) is 0 Å². The van der Waals surface area contributed by atoms with Crippen molar-refractivity contribution < 1.29 is 9.84 Å². The minimum atomic E-state index is -0.0794. The van der Waals surface area contributed by atoms with Crippen molar-refractivity contribution in [1.82, 2.24) is 14.8 Å². The molecule has 14 heavy (non-hydrogen) atoms. The number of aliphatic hydroxyl groups excluding tert-OH is 1. The Bertz CT molecular complexity index is 256.